The number of nitrogens with one attached hydrogen (secondary N) is 1. The third-order valence-electron chi connectivity index (χ3n) is 3.74. The van der Waals surface area contributed by atoms with Crippen LogP contribution in [0.3, 0.4) is 0 Å². The van der Waals surface area contributed by atoms with Crippen LogP contribution in [0.5, 0.6) is 0 Å². The zero-order chi connectivity index (χ0) is 15.2. The summed E-state index contributed by atoms with van der Waals surface area (Å²) < 4.78 is 27.1. The molecule has 2 aromatic carbocycles. The first-order chi connectivity index (χ1) is 10.2. The minimum absolute atomic E-state index is 0.104. The second-order valence-corrected chi connectivity index (χ2v) is 5.16. The number of hydrogen-bond acceptors (Lipinski definition) is 1. The summed E-state index contributed by atoms with van der Waals surface area (Å²) >= 11 is 0. The molecule has 0 aliphatic rings. The van der Waals surface area contributed by atoms with Crippen LogP contribution in [-0.2, 0) is 0 Å². The predicted molar refractivity (Wildman–Crippen MR) is 82.2 cm³/mol. The van der Waals surface area contributed by atoms with E-state index in [1.54, 1.807) is 0 Å². The van der Waals surface area contributed by atoms with Gasteiger partial charge in [0.15, 0.2) is 0 Å². The summed E-state index contributed by atoms with van der Waals surface area (Å²) in [6, 6.07) is 13.7. The molecule has 1 N–H and O–H groups in total. The first-order valence-corrected chi connectivity index (χ1v) is 7.40. The fraction of sp³-hybridized carbons (Fsp3) is 0.333. The highest BCUT2D eigenvalue weighted by Gasteiger charge is 2.23. The van der Waals surface area contributed by atoms with Gasteiger partial charge in [-0.2, -0.15) is 0 Å². The molecule has 0 radical (unpaired) electrons. The Morgan fingerprint density at radius 2 is 1.52 bits per heavy atom. The van der Waals surface area contributed by atoms with Crippen LogP contribution in [0.15, 0.2) is 48.5 Å². The van der Waals surface area contributed by atoms with Gasteiger partial charge in [-0.25, -0.2) is 8.78 Å². The van der Waals surface area contributed by atoms with Crippen LogP contribution in [0.1, 0.15) is 43.4 Å². The summed E-state index contributed by atoms with van der Waals surface area (Å²) in [5.74, 6) is -0.890. The van der Waals surface area contributed by atoms with Crippen molar-refractivity contribution in [2.24, 2.45) is 0 Å². The number of benzene rings is 2. The van der Waals surface area contributed by atoms with E-state index in [-0.39, 0.29) is 12.0 Å². The van der Waals surface area contributed by atoms with Gasteiger partial charge in [-0.3, -0.25) is 0 Å². The van der Waals surface area contributed by atoms with Crippen LogP contribution >= 0.6 is 0 Å². The molecule has 0 aliphatic heterocycles. The molecule has 2 atom stereocenters. The molecule has 2 rings (SSSR count). The SMILES string of the molecule is CCNC(c1cc(F)cc(F)c1)C(CC)c1ccccc1. The lowest BCUT2D eigenvalue weighted by molar-refractivity contribution is 0.440. The van der Waals surface area contributed by atoms with Gasteiger partial charge in [0.1, 0.15) is 11.6 Å². The zero-order valence-electron chi connectivity index (χ0n) is 12.4. The van der Waals surface area contributed by atoms with Crippen LogP contribution in [0.2, 0.25) is 0 Å². The third kappa shape index (κ3) is 3.88. The maximum absolute atomic E-state index is 13.5. The van der Waals surface area contributed by atoms with E-state index in [0.29, 0.717) is 5.56 Å². The van der Waals surface area contributed by atoms with Gasteiger partial charge in [-0.05, 0) is 36.2 Å². The first kappa shape index (κ1) is 15.6. The highest BCUT2D eigenvalue weighted by molar-refractivity contribution is 5.29. The van der Waals surface area contributed by atoms with Crippen LogP contribution in [-0.4, -0.2) is 6.54 Å². The lowest BCUT2D eigenvalue weighted by Crippen LogP contribution is -2.27. The fourth-order valence-electron chi connectivity index (χ4n) is 2.83. The van der Waals surface area contributed by atoms with Gasteiger partial charge in [0.25, 0.3) is 0 Å². The summed E-state index contributed by atoms with van der Waals surface area (Å²) in [6.45, 7) is 4.84. The first-order valence-electron chi connectivity index (χ1n) is 7.40. The number of rotatable bonds is 6. The average Bonchev–Trinajstić information content (AvgIpc) is 2.47. The molecule has 0 heterocycles. The molecule has 0 bridgehead atoms. The molecule has 0 aromatic heterocycles. The van der Waals surface area contributed by atoms with Crippen molar-refractivity contribution >= 4 is 0 Å². The van der Waals surface area contributed by atoms with Crippen LogP contribution in [0.4, 0.5) is 8.78 Å². The Labute approximate surface area is 125 Å². The van der Waals surface area contributed by atoms with Crippen LogP contribution in [0.25, 0.3) is 0 Å². The summed E-state index contributed by atoms with van der Waals surface area (Å²) in [5.41, 5.74) is 1.83. The molecule has 2 unspecified atom stereocenters. The minimum Gasteiger partial charge on any atom is -0.310 e. The van der Waals surface area contributed by atoms with Crippen molar-refractivity contribution in [3.05, 3.63) is 71.3 Å². The molecule has 0 fully saturated rings. The van der Waals surface area contributed by atoms with Gasteiger partial charge in [0, 0.05) is 18.0 Å². The minimum atomic E-state index is -0.532. The van der Waals surface area contributed by atoms with E-state index >= 15 is 0 Å². The van der Waals surface area contributed by atoms with Crippen LogP contribution in [0, 0.1) is 11.6 Å². The maximum atomic E-state index is 13.5. The number of hydrogen-bond donors (Lipinski definition) is 1. The van der Waals surface area contributed by atoms with Crippen molar-refractivity contribution in [2.75, 3.05) is 6.54 Å². The van der Waals surface area contributed by atoms with Crippen molar-refractivity contribution < 1.29 is 8.78 Å². The molecule has 0 saturated heterocycles. The third-order valence-corrected chi connectivity index (χ3v) is 3.74. The van der Waals surface area contributed by atoms with Gasteiger partial charge >= 0.3 is 0 Å². The monoisotopic (exact) mass is 289 g/mol. The van der Waals surface area contributed by atoms with Gasteiger partial charge in [-0.1, -0.05) is 44.2 Å². The molecular weight excluding hydrogens is 268 g/mol. The molecular formula is C18H21F2N. The van der Waals surface area contributed by atoms with Gasteiger partial charge in [0.2, 0.25) is 0 Å². The van der Waals surface area contributed by atoms with Crippen molar-refractivity contribution in [2.45, 2.75) is 32.2 Å². The molecule has 1 nitrogen and oxygen atoms in total. The Morgan fingerprint density at radius 1 is 0.905 bits per heavy atom. The predicted octanol–water partition coefficient (Wildman–Crippen LogP) is 4.81. The summed E-state index contributed by atoms with van der Waals surface area (Å²) in [5, 5.41) is 3.37. The Hall–Kier alpha value is -1.74. The summed E-state index contributed by atoms with van der Waals surface area (Å²) in [6.07, 6.45) is 0.889. The van der Waals surface area contributed by atoms with E-state index in [0.717, 1.165) is 19.0 Å². The van der Waals surface area contributed by atoms with Crippen molar-refractivity contribution in [1.29, 1.82) is 0 Å². The van der Waals surface area contributed by atoms with E-state index in [1.165, 1.54) is 17.7 Å². The zero-order valence-corrected chi connectivity index (χ0v) is 12.4. The second kappa shape index (κ2) is 7.32. The molecule has 0 aliphatic carbocycles. The van der Waals surface area contributed by atoms with E-state index in [1.807, 2.05) is 25.1 Å². The standard InChI is InChI=1S/C18H21F2N/c1-3-17(13-8-6-5-7-9-13)18(21-4-2)14-10-15(19)12-16(20)11-14/h5-12,17-18,21H,3-4H2,1-2H3. The Morgan fingerprint density at radius 3 is 2.05 bits per heavy atom. The van der Waals surface area contributed by atoms with Crippen molar-refractivity contribution in [1.82, 2.24) is 5.32 Å². The lowest BCUT2D eigenvalue weighted by atomic mass is 9.85. The van der Waals surface area contributed by atoms with Crippen LogP contribution < -0.4 is 5.32 Å². The number of halogens is 2. The van der Waals surface area contributed by atoms with E-state index in [2.05, 4.69) is 24.4 Å². The van der Waals surface area contributed by atoms with E-state index in [4.69, 9.17) is 0 Å². The maximum Gasteiger partial charge on any atom is 0.126 e. The highest BCUT2D eigenvalue weighted by atomic mass is 19.1. The molecule has 0 saturated carbocycles. The largest absolute Gasteiger partial charge is 0.310 e. The van der Waals surface area contributed by atoms with E-state index < -0.39 is 11.6 Å². The lowest BCUT2D eigenvalue weighted by Gasteiger charge is -2.28. The number of likely N-dealkylation sites (N-methyl/N-ethyl adjacent to an activating group) is 1. The van der Waals surface area contributed by atoms with Gasteiger partial charge in [-0.15, -0.1) is 0 Å². The molecule has 21 heavy (non-hydrogen) atoms. The van der Waals surface area contributed by atoms with Gasteiger partial charge in [0.05, 0.1) is 0 Å². The van der Waals surface area contributed by atoms with Gasteiger partial charge < -0.3 is 5.32 Å². The molecule has 0 spiro atoms. The molecule has 112 valence electrons. The quantitative estimate of drug-likeness (QED) is 0.804. The van der Waals surface area contributed by atoms with Crippen molar-refractivity contribution in [3.63, 3.8) is 0 Å². The Balaban J connectivity index is 2.41. The Kier molecular flexibility index (Phi) is 5.45. The van der Waals surface area contributed by atoms with E-state index in [9.17, 15) is 8.78 Å². The normalized spacial score (nSPS) is 13.9. The Bertz CT molecular complexity index is 548. The molecule has 3 heteroatoms. The average molecular weight is 289 g/mol. The molecule has 0 amide bonds. The topological polar surface area (TPSA) is 12.0 Å². The smallest absolute Gasteiger partial charge is 0.126 e. The highest BCUT2D eigenvalue weighted by Crippen LogP contribution is 2.34. The second-order valence-electron chi connectivity index (χ2n) is 5.16. The van der Waals surface area contributed by atoms with Crippen molar-refractivity contribution in [3.8, 4) is 0 Å². The fourth-order valence-corrected chi connectivity index (χ4v) is 2.83. The summed E-state index contributed by atoms with van der Waals surface area (Å²) in [7, 11) is 0. The summed E-state index contributed by atoms with van der Waals surface area (Å²) in [4.78, 5) is 0. The molecule has 2 aromatic rings.